The maximum atomic E-state index is 12.0. The number of benzene rings is 2. The summed E-state index contributed by atoms with van der Waals surface area (Å²) in [7, 11) is 0. The Labute approximate surface area is 142 Å². The topological polar surface area (TPSA) is 52.6 Å². The van der Waals surface area contributed by atoms with E-state index in [-0.39, 0.29) is 11.9 Å². The predicted octanol–water partition coefficient (Wildman–Crippen LogP) is 4.81. The standard InChI is InChI=1S/C20H24O4/c1-4-9-18(21)23-17-13-14(6-3)20(24-19(22)10-5-2)16-12-8-7-11-15(16)17/h7-8,11-13H,4-6,9-10H2,1-3H3. The maximum absolute atomic E-state index is 12.0. The molecular weight excluding hydrogens is 304 g/mol. The molecule has 0 aliphatic heterocycles. The fraction of sp³-hybridized carbons (Fsp3) is 0.400. The van der Waals surface area contributed by atoms with Crippen molar-refractivity contribution in [1.29, 1.82) is 0 Å². The Balaban J connectivity index is 2.51. The minimum absolute atomic E-state index is 0.243. The molecule has 0 radical (unpaired) electrons. The molecule has 0 atom stereocenters. The second-order valence-electron chi connectivity index (χ2n) is 5.71. The van der Waals surface area contributed by atoms with Crippen LogP contribution in [0, 0.1) is 0 Å². The molecule has 4 nitrogen and oxygen atoms in total. The molecule has 0 unspecified atom stereocenters. The Morgan fingerprint density at radius 3 is 2.04 bits per heavy atom. The van der Waals surface area contributed by atoms with Crippen molar-refractivity contribution in [2.24, 2.45) is 0 Å². The van der Waals surface area contributed by atoms with Gasteiger partial charge in [-0.2, -0.15) is 0 Å². The predicted molar refractivity (Wildman–Crippen MR) is 94.4 cm³/mol. The molecule has 0 saturated heterocycles. The Morgan fingerprint density at radius 2 is 1.46 bits per heavy atom. The van der Waals surface area contributed by atoms with Crippen LogP contribution < -0.4 is 9.47 Å². The van der Waals surface area contributed by atoms with E-state index in [2.05, 4.69) is 0 Å². The molecular formula is C20H24O4. The third-order valence-electron chi connectivity index (χ3n) is 3.76. The number of aryl methyl sites for hydroxylation is 1. The van der Waals surface area contributed by atoms with Crippen molar-refractivity contribution in [1.82, 2.24) is 0 Å². The van der Waals surface area contributed by atoms with Gasteiger partial charge in [0.1, 0.15) is 11.5 Å². The summed E-state index contributed by atoms with van der Waals surface area (Å²) in [4.78, 5) is 23.9. The highest BCUT2D eigenvalue weighted by Gasteiger charge is 2.17. The smallest absolute Gasteiger partial charge is 0.311 e. The molecule has 0 aliphatic rings. The van der Waals surface area contributed by atoms with E-state index in [1.54, 1.807) is 0 Å². The minimum Gasteiger partial charge on any atom is -0.426 e. The van der Waals surface area contributed by atoms with Crippen LogP contribution >= 0.6 is 0 Å². The summed E-state index contributed by atoms with van der Waals surface area (Å²) in [5.41, 5.74) is 0.859. The Morgan fingerprint density at radius 1 is 0.875 bits per heavy atom. The summed E-state index contributed by atoms with van der Waals surface area (Å²) < 4.78 is 11.2. The average molecular weight is 328 g/mol. The van der Waals surface area contributed by atoms with E-state index in [1.165, 1.54) is 0 Å². The number of rotatable bonds is 7. The molecule has 0 spiro atoms. The fourth-order valence-electron chi connectivity index (χ4n) is 2.58. The molecule has 0 fully saturated rings. The molecule has 24 heavy (non-hydrogen) atoms. The van der Waals surface area contributed by atoms with Gasteiger partial charge in [0, 0.05) is 23.6 Å². The number of ether oxygens (including phenoxy) is 2. The molecule has 0 saturated carbocycles. The van der Waals surface area contributed by atoms with E-state index in [1.807, 2.05) is 51.1 Å². The summed E-state index contributed by atoms with van der Waals surface area (Å²) in [5.74, 6) is 0.603. The minimum atomic E-state index is -0.250. The molecule has 128 valence electrons. The molecule has 2 rings (SSSR count). The third-order valence-corrected chi connectivity index (χ3v) is 3.76. The lowest BCUT2D eigenvalue weighted by Crippen LogP contribution is -2.11. The maximum Gasteiger partial charge on any atom is 0.311 e. The average Bonchev–Trinajstić information content (AvgIpc) is 2.57. The zero-order valence-electron chi connectivity index (χ0n) is 14.6. The van der Waals surface area contributed by atoms with Gasteiger partial charge in [0.05, 0.1) is 0 Å². The van der Waals surface area contributed by atoms with Gasteiger partial charge in [-0.3, -0.25) is 9.59 Å². The second-order valence-corrected chi connectivity index (χ2v) is 5.71. The summed E-state index contributed by atoms with van der Waals surface area (Å²) in [5, 5.41) is 1.57. The van der Waals surface area contributed by atoms with Crippen molar-refractivity contribution in [2.75, 3.05) is 0 Å². The van der Waals surface area contributed by atoms with E-state index < -0.39 is 0 Å². The summed E-state index contributed by atoms with van der Waals surface area (Å²) in [6.07, 6.45) is 2.92. The van der Waals surface area contributed by atoms with Crippen molar-refractivity contribution in [3.63, 3.8) is 0 Å². The van der Waals surface area contributed by atoms with E-state index in [4.69, 9.17) is 9.47 Å². The summed E-state index contributed by atoms with van der Waals surface area (Å²) in [6, 6.07) is 9.34. The second kappa shape index (κ2) is 8.48. The van der Waals surface area contributed by atoms with Crippen molar-refractivity contribution in [3.8, 4) is 11.5 Å². The lowest BCUT2D eigenvalue weighted by Gasteiger charge is -2.15. The highest BCUT2D eigenvalue weighted by Crippen LogP contribution is 2.37. The fourth-order valence-corrected chi connectivity index (χ4v) is 2.58. The molecule has 0 bridgehead atoms. The van der Waals surface area contributed by atoms with Crippen molar-refractivity contribution in [3.05, 3.63) is 35.9 Å². The molecule has 0 amide bonds. The number of esters is 2. The van der Waals surface area contributed by atoms with Crippen LogP contribution in [0.5, 0.6) is 11.5 Å². The van der Waals surface area contributed by atoms with Gasteiger partial charge < -0.3 is 9.47 Å². The van der Waals surface area contributed by atoms with Gasteiger partial charge in [0.15, 0.2) is 0 Å². The SMILES string of the molecule is CCCC(=O)Oc1cc(CC)c(OC(=O)CCC)c2ccccc12. The largest absolute Gasteiger partial charge is 0.426 e. The van der Waals surface area contributed by atoms with Gasteiger partial charge in [0.25, 0.3) is 0 Å². The van der Waals surface area contributed by atoms with Gasteiger partial charge in [-0.05, 0) is 30.9 Å². The van der Waals surface area contributed by atoms with Crippen molar-refractivity contribution >= 4 is 22.7 Å². The first kappa shape index (κ1) is 18.0. The molecule has 0 N–H and O–H groups in total. The molecule has 0 heterocycles. The third kappa shape index (κ3) is 4.13. The highest BCUT2D eigenvalue weighted by atomic mass is 16.5. The lowest BCUT2D eigenvalue weighted by atomic mass is 10.0. The van der Waals surface area contributed by atoms with Crippen LogP contribution in [0.4, 0.5) is 0 Å². The van der Waals surface area contributed by atoms with Gasteiger partial charge in [-0.15, -0.1) is 0 Å². The molecule has 2 aromatic rings. The molecule has 4 heteroatoms. The molecule has 0 aliphatic carbocycles. The monoisotopic (exact) mass is 328 g/mol. The zero-order valence-corrected chi connectivity index (χ0v) is 14.6. The Kier molecular flexibility index (Phi) is 6.36. The summed E-state index contributed by atoms with van der Waals surface area (Å²) in [6.45, 7) is 5.86. The Hall–Kier alpha value is -2.36. The normalized spacial score (nSPS) is 10.6. The van der Waals surface area contributed by atoms with E-state index >= 15 is 0 Å². The quantitative estimate of drug-likeness (QED) is 0.540. The van der Waals surface area contributed by atoms with Gasteiger partial charge in [-0.25, -0.2) is 0 Å². The van der Waals surface area contributed by atoms with Crippen LogP contribution in [0.2, 0.25) is 0 Å². The van der Waals surface area contributed by atoms with E-state index in [9.17, 15) is 9.59 Å². The molecule has 2 aromatic carbocycles. The number of carbonyl (C=O) groups is 2. The first-order valence-corrected chi connectivity index (χ1v) is 8.56. The van der Waals surface area contributed by atoms with Gasteiger partial charge >= 0.3 is 11.9 Å². The number of hydrogen-bond donors (Lipinski definition) is 0. The van der Waals surface area contributed by atoms with Crippen molar-refractivity contribution in [2.45, 2.75) is 52.9 Å². The molecule has 0 aromatic heterocycles. The van der Waals surface area contributed by atoms with Crippen molar-refractivity contribution < 1.29 is 19.1 Å². The van der Waals surface area contributed by atoms with E-state index in [0.29, 0.717) is 30.8 Å². The summed E-state index contributed by atoms with van der Waals surface area (Å²) >= 11 is 0. The van der Waals surface area contributed by atoms with E-state index in [0.717, 1.165) is 29.2 Å². The van der Waals surface area contributed by atoms with Crippen LogP contribution in [-0.4, -0.2) is 11.9 Å². The Bertz CT molecular complexity index is 734. The van der Waals surface area contributed by atoms with Crippen LogP contribution in [-0.2, 0) is 16.0 Å². The van der Waals surface area contributed by atoms with Crippen LogP contribution in [0.25, 0.3) is 10.8 Å². The highest BCUT2D eigenvalue weighted by molar-refractivity contribution is 5.97. The van der Waals surface area contributed by atoms with Gasteiger partial charge in [-0.1, -0.05) is 45.0 Å². The lowest BCUT2D eigenvalue weighted by molar-refractivity contribution is -0.135. The van der Waals surface area contributed by atoms with Crippen LogP contribution in [0.15, 0.2) is 30.3 Å². The van der Waals surface area contributed by atoms with Crippen LogP contribution in [0.1, 0.15) is 52.0 Å². The first-order valence-electron chi connectivity index (χ1n) is 8.56. The number of carbonyl (C=O) groups excluding carboxylic acids is 2. The van der Waals surface area contributed by atoms with Crippen LogP contribution in [0.3, 0.4) is 0 Å². The first-order chi connectivity index (χ1) is 11.6. The number of fused-ring (bicyclic) bond motifs is 1. The van der Waals surface area contributed by atoms with Gasteiger partial charge in [0.2, 0.25) is 0 Å². The number of hydrogen-bond acceptors (Lipinski definition) is 4. The zero-order chi connectivity index (χ0) is 17.5.